The van der Waals surface area contributed by atoms with E-state index in [-0.39, 0.29) is 22.4 Å². The van der Waals surface area contributed by atoms with Crippen LogP contribution < -0.4 is 10.6 Å². The fourth-order valence-corrected chi connectivity index (χ4v) is 3.49. The Morgan fingerprint density at radius 3 is 2.60 bits per heavy atom. The lowest BCUT2D eigenvalue weighted by Gasteiger charge is -2.18. The zero-order valence-electron chi connectivity index (χ0n) is 18.6. The van der Waals surface area contributed by atoms with Crippen molar-refractivity contribution < 1.29 is 22.7 Å². The van der Waals surface area contributed by atoms with Crippen LogP contribution in [0.15, 0.2) is 36.9 Å². The Morgan fingerprint density at radius 2 is 1.94 bits per heavy atom. The van der Waals surface area contributed by atoms with Crippen molar-refractivity contribution >= 4 is 40.0 Å². The molecule has 0 bridgehead atoms. The zero-order valence-corrected chi connectivity index (χ0v) is 19.3. The van der Waals surface area contributed by atoms with Gasteiger partial charge in [0.2, 0.25) is 0 Å². The van der Waals surface area contributed by atoms with Crippen LogP contribution in [0.2, 0.25) is 5.15 Å². The van der Waals surface area contributed by atoms with Gasteiger partial charge in [0.1, 0.15) is 22.9 Å². The molecule has 14 heteroatoms. The monoisotopic (exact) mass is 506 g/mol. The average molecular weight is 507 g/mol. The number of alkyl halides is 3. The zero-order chi connectivity index (χ0) is 25.3. The van der Waals surface area contributed by atoms with Crippen LogP contribution in [0.1, 0.15) is 30.0 Å². The molecule has 10 nitrogen and oxygen atoms in total. The van der Waals surface area contributed by atoms with E-state index < -0.39 is 29.7 Å². The van der Waals surface area contributed by atoms with Gasteiger partial charge >= 0.3 is 12.2 Å². The van der Waals surface area contributed by atoms with E-state index in [1.54, 1.807) is 19.1 Å². The van der Waals surface area contributed by atoms with Gasteiger partial charge in [0.15, 0.2) is 5.82 Å². The lowest BCUT2D eigenvalue weighted by molar-refractivity contribution is -0.137. The van der Waals surface area contributed by atoms with Crippen molar-refractivity contribution in [3.05, 3.63) is 59.0 Å². The van der Waals surface area contributed by atoms with Gasteiger partial charge in [-0.05, 0) is 32.0 Å². The predicted octanol–water partition coefficient (Wildman–Crippen LogP) is 4.94. The molecule has 0 aliphatic carbocycles. The quantitative estimate of drug-likeness (QED) is 0.368. The molecule has 0 saturated carbocycles. The lowest BCUT2D eigenvalue weighted by Crippen LogP contribution is -2.22. The standard InChI is InChI=1S/C21H18ClF3N8O2/c1-10(35-3)17-15(8-26-14-4-5-16(22)31-18(14)17)30-20(34)29-12-6-13(21(23,24)25)19(27-7-12)33-9-28-11(2)32-33/h4-10H,1-3H3,(H2,29,30,34). The fraction of sp³-hybridized carbons (Fsp3) is 0.238. The minimum absolute atomic E-state index is 0.188. The van der Waals surface area contributed by atoms with Crippen molar-refractivity contribution in [1.29, 1.82) is 0 Å². The average Bonchev–Trinajstić information content (AvgIpc) is 3.23. The minimum Gasteiger partial charge on any atom is -0.377 e. The highest BCUT2D eigenvalue weighted by molar-refractivity contribution is 6.29. The van der Waals surface area contributed by atoms with Crippen LogP contribution in [-0.2, 0) is 10.9 Å². The van der Waals surface area contributed by atoms with Gasteiger partial charge in [-0.1, -0.05) is 11.6 Å². The number of hydrogen-bond acceptors (Lipinski definition) is 7. The normalized spacial score (nSPS) is 12.5. The van der Waals surface area contributed by atoms with Crippen LogP contribution in [0.5, 0.6) is 0 Å². The van der Waals surface area contributed by atoms with Crippen molar-refractivity contribution in [3.8, 4) is 5.82 Å². The summed E-state index contributed by atoms with van der Waals surface area (Å²) in [5.74, 6) is -0.190. The summed E-state index contributed by atoms with van der Waals surface area (Å²) in [6.45, 7) is 3.28. The number of aryl methyl sites for hydroxylation is 1. The summed E-state index contributed by atoms with van der Waals surface area (Å²) in [5.41, 5.74) is 0.404. The number of rotatable bonds is 5. The summed E-state index contributed by atoms with van der Waals surface area (Å²) >= 11 is 6.03. The Balaban J connectivity index is 1.65. The summed E-state index contributed by atoms with van der Waals surface area (Å²) in [7, 11) is 1.48. The first kappa shape index (κ1) is 24.3. The van der Waals surface area contributed by atoms with Crippen molar-refractivity contribution in [2.45, 2.75) is 26.1 Å². The largest absolute Gasteiger partial charge is 0.420 e. The van der Waals surface area contributed by atoms with E-state index in [9.17, 15) is 18.0 Å². The molecule has 0 spiro atoms. The van der Waals surface area contributed by atoms with E-state index in [0.717, 1.165) is 23.3 Å². The third kappa shape index (κ3) is 5.15. The van der Waals surface area contributed by atoms with Gasteiger partial charge in [0.05, 0.1) is 40.9 Å². The van der Waals surface area contributed by atoms with E-state index in [0.29, 0.717) is 16.6 Å². The molecule has 0 radical (unpaired) electrons. The summed E-state index contributed by atoms with van der Waals surface area (Å²) < 4.78 is 47.4. The highest BCUT2D eigenvalue weighted by Gasteiger charge is 2.36. The van der Waals surface area contributed by atoms with Gasteiger partial charge in [0, 0.05) is 12.7 Å². The highest BCUT2D eigenvalue weighted by Crippen LogP contribution is 2.35. The first-order chi connectivity index (χ1) is 16.6. The van der Waals surface area contributed by atoms with E-state index in [1.165, 1.54) is 20.2 Å². The number of nitrogens with one attached hydrogen (secondary N) is 2. The van der Waals surface area contributed by atoms with E-state index in [2.05, 4.69) is 35.7 Å². The number of halogens is 4. The molecule has 1 atom stereocenters. The second kappa shape index (κ2) is 9.43. The number of fused-ring (bicyclic) bond motifs is 1. The number of aromatic nitrogens is 6. The number of nitrogens with zero attached hydrogens (tertiary/aromatic N) is 6. The van der Waals surface area contributed by atoms with Crippen LogP contribution in [0.25, 0.3) is 16.9 Å². The number of carbonyl (C=O) groups excluding carboxylic acids is 1. The van der Waals surface area contributed by atoms with Gasteiger partial charge in [-0.25, -0.2) is 24.4 Å². The van der Waals surface area contributed by atoms with Crippen LogP contribution in [0.4, 0.5) is 29.3 Å². The number of urea groups is 1. The molecule has 0 saturated heterocycles. The van der Waals surface area contributed by atoms with Gasteiger partial charge in [-0.15, -0.1) is 0 Å². The van der Waals surface area contributed by atoms with E-state index in [1.807, 2.05) is 0 Å². The molecule has 0 aromatic carbocycles. The molecule has 4 rings (SSSR count). The number of amides is 2. The number of ether oxygens (including phenoxy) is 1. The number of anilines is 2. The SMILES string of the molecule is COC(C)c1c(NC(=O)Nc2cnc(-n3cnc(C)n3)c(C(F)(F)F)c2)cnc2ccc(Cl)nc12. The van der Waals surface area contributed by atoms with Crippen molar-refractivity contribution in [2.24, 2.45) is 0 Å². The second-order valence-electron chi connectivity index (χ2n) is 7.37. The second-order valence-corrected chi connectivity index (χ2v) is 7.76. The van der Waals surface area contributed by atoms with Crippen molar-refractivity contribution in [2.75, 3.05) is 17.7 Å². The van der Waals surface area contributed by atoms with Crippen molar-refractivity contribution in [1.82, 2.24) is 29.7 Å². The summed E-state index contributed by atoms with van der Waals surface area (Å²) in [6, 6.07) is 3.19. The number of carbonyl (C=O) groups is 1. The Bertz CT molecular complexity index is 1410. The number of hydrogen-bond donors (Lipinski definition) is 2. The Morgan fingerprint density at radius 1 is 1.17 bits per heavy atom. The van der Waals surface area contributed by atoms with Gasteiger partial charge in [0.25, 0.3) is 0 Å². The number of methoxy groups -OCH3 is 1. The third-order valence-corrected chi connectivity index (χ3v) is 5.19. The fourth-order valence-electron chi connectivity index (χ4n) is 3.34. The molecule has 1 unspecified atom stereocenters. The molecule has 0 aliphatic rings. The molecule has 0 fully saturated rings. The van der Waals surface area contributed by atoms with Crippen LogP contribution in [0.3, 0.4) is 0 Å². The maximum atomic E-state index is 13.7. The van der Waals surface area contributed by atoms with E-state index in [4.69, 9.17) is 16.3 Å². The molecule has 4 aromatic heterocycles. The molecule has 182 valence electrons. The molecule has 4 aromatic rings. The summed E-state index contributed by atoms with van der Waals surface area (Å²) in [6.07, 6.45) is -1.66. The topological polar surface area (TPSA) is 120 Å². The maximum Gasteiger partial charge on any atom is 0.420 e. The summed E-state index contributed by atoms with van der Waals surface area (Å²) in [5, 5.41) is 9.04. The van der Waals surface area contributed by atoms with Crippen molar-refractivity contribution in [3.63, 3.8) is 0 Å². The molecule has 4 heterocycles. The first-order valence-corrected chi connectivity index (χ1v) is 10.5. The molecule has 35 heavy (non-hydrogen) atoms. The molecule has 2 amide bonds. The maximum absolute atomic E-state index is 13.7. The summed E-state index contributed by atoms with van der Waals surface area (Å²) in [4.78, 5) is 28.9. The van der Waals surface area contributed by atoms with Gasteiger partial charge in [-0.3, -0.25) is 4.98 Å². The predicted molar refractivity (Wildman–Crippen MR) is 122 cm³/mol. The molecule has 2 N–H and O–H groups in total. The lowest BCUT2D eigenvalue weighted by atomic mass is 10.1. The van der Waals surface area contributed by atoms with E-state index >= 15 is 0 Å². The number of pyridine rings is 3. The highest BCUT2D eigenvalue weighted by atomic mass is 35.5. The van der Waals surface area contributed by atoms with Crippen LogP contribution in [0, 0.1) is 6.92 Å². The Labute approximate surface area is 201 Å². The first-order valence-electron chi connectivity index (χ1n) is 10.1. The smallest absolute Gasteiger partial charge is 0.377 e. The van der Waals surface area contributed by atoms with Crippen LogP contribution >= 0.6 is 11.6 Å². The third-order valence-electron chi connectivity index (χ3n) is 4.98. The minimum atomic E-state index is -4.76. The van der Waals surface area contributed by atoms with Gasteiger partial charge in [-0.2, -0.15) is 18.3 Å². The van der Waals surface area contributed by atoms with Gasteiger partial charge < -0.3 is 15.4 Å². The molecular formula is C21H18ClF3N8O2. The Kier molecular flexibility index (Phi) is 6.54. The molecular weight excluding hydrogens is 489 g/mol. The Hall–Kier alpha value is -3.84. The molecule has 0 aliphatic heterocycles. The van der Waals surface area contributed by atoms with Crippen LogP contribution in [-0.4, -0.2) is 42.9 Å².